The van der Waals surface area contributed by atoms with Crippen LogP contribution in [0.25, 0.3) is 11.4 Å². The van der Waals surface area contributed by atoms with E-state index in [1.165, 1.54) is 24.4 Å². The summed E-state index contributed by atoms with van der Waals surface area (Å²) in [5.41, 5.74) is -2.70. The van der Waals surface area contributed by atoms with Gasteiger partial charge in [0, 0.05) is 42.5 Å². The van der Waals surface area contributed by atoms with Crippen molar-refractivity contribution in [3.63, 3.8) is 0 Å². The third-order valence-corrected chi connectivity index (χ3v) is 5.71. The van der Waals surface area contributed by atoms with Gasteiger partial charge in [-0.05, 0) is 55.0 Å². The third-order valence-electron chi connectivity index (χ3n) is 5.71. The van der Waals surface area contributed by atoms with Gasteiger partial charge >= 0.3 is 12.4 Å². The summed E-state index contributed by atoms with van der Waals surface area (Å²) in [5.74, 6) is -0.450. The van der Waals surface area contributed by atoms with Gasteiger partial charge in [0.15, 0.2) is 5.82 Å². The molecule has 0 fully saturated rings. The van der Waals surface area contributed by atoms with Crippen LogP contribution in [0.1, 0.15) is 32.6 Å². The first-order valence-corrected chi connectivity index (χ1v) is 11.7. The van der Waals surface area contributed by atoms with E-state index in [9.17, 15) is 31.1 Å². The highest BCUT2D eigenvalue weighted by molar-refractivity contribution is 6.04. The molecule has 41 heavy (non-hydrogen) atoms. The minimum absolute atomic E-state index is 0.0325. The lowest BCUT2D eigenvalue weighted by Crippen LogP contribution is -2.16. The maximum atomic E-state index is 13.2. The average Bonchev–Trinajstić information content (AvgIpc) is 2.93. The Bertz CT molecular complexity index is 1570. The number of aromatic nitrogens is 3. The maximum absolute atomic E-state index is 13.2. The number of hydrogen-bond acceptors (Lipinski definition) is 7. The molecular formula is C27H20F6N6O2. The van der Waals surface area contributed by atoms with Crippen molar-refractivity contribution in [2.75, 3.05) is 17.7 Å². The molecular weight excluding hydrogens is 554 g/mol. The van der Waals surface area contributed by atoms with Crippen LogP contribution in [0.15, 0.2) is 60.9 Å². The number of nitrogens with one attached hydrogen (secondary N) is 3. The lowest BCUT2D eigenvalue weighted by molar-refractivity contribution is -0.143. The highest BCUT2D eigenvalue weighted by Gasteiger charge is 2.37. The minimum atomic E-state index is -5.07. The van der Waals surface area contributed by atoms with Crippen molar-refractivity contribution in [2.45, 2.75) is 19.3 Å². The van der Waals surface area contributed by atoms with Crippen molar-refractivity contribution in [3.8, 4) is 23.0 Å². The van der Waals surface area contributed by atoms with Gasteiger partial charge in [0.1, 0.15) is 11.6 Å². The first-order chi connectivity index (χ1) is 19.3. The van der Waals surface area contributed by atoms with Gasteiger partial charge in [-0.1, -0.05) is 6.07 Å². The fourth-order valence-corrected chi connectivity index (χ4v) is 3.66. The molecule has 4 aromatic rings. The third kappa shape index (κ3) is 6.59. The molecule has 0 atom stereocenters. The topological polar surface area (TPSA) is 113 Å². The first kappa shape index (κ1) is 29.0. The number of nitrogens with zero attached hydrogens (tertiary/aromatic N) is 3. The molecule has 0 bridgehead atoms. The maximum Gasteiger partial charge on any atom is 0.416 e. The van der Waals surface area contributed by atoms with E-state index in [-0.39, 0.29) is 40.5 Å². The highest BCUT2D eigenvalue weighted by Crippen LogP contribution is 2.38. The largest absolute Gasteiger partial charge is 0.438 e. The second-order valence-corrected chi connectivity index (χ2v) is 8.58. The second-order valence-electron chi connectivity index (χ2n) is 8.58. The van der Waals surface area contributed by atoms with Gasteiger partial charge in [0.05, 0.1) is 16.7 Å². The number of alkyl halides is 6. The highest BCUT2D eigenvalue weighted by atomic mass is 19.4. The molecule has 2 heterocycles. The smallest absolute Gasteiger partial charge is 0.416 e. The summed E-state index contributed by atoms with van der Waals surface area (Å²) in [6, 6.07) is 8.24. The SMILES string of the molecule is CNc1nc(-c2cccnc2)nc(Oc2cc(C(=O)Nc3cc(C(F)(F)F)cc(C(F)(F)F)c3)ccc2C)c1C=N. The van der Waals surface area contributed by atoms with Gasteiger partial charge < -0.3 is 20.8 Å². The fraction of sp³-hybridized carbons (Fsp3) is 0.148. The van der Waals surface area contributed by atoms with Crippen LogP contribution in [0, 0.1) is 12.3 Å². The van der Waals surface area contributed by atoms with Crippen molar-refractivity contribution in [1.82, 2.24) is 15.0 Å². The van der Waals surface area contributed by atoms with Gasteiger partial charge in [-0.2, -0.15) is 31.3 Å². The van der Waals surface area contributed by atoms with Gasteiger partial charge in [-0.15, -0.1) is 0 Å². The molecule has 0 radical (unpaired) electrons. The number of pyridine rings is 1. The number of rotatable bonds is 7. The summed E-state index contributed by atoms with van der Waals surface area (Å²) in [4.78, 5) is 25.7. The number of carbonyl (C=O) groups is 1. The number of benzene rings is 2. The van der Waals surface area contributed by atoms with E-state index in [0.29, 0.717) is 23.3 Å². The monoisotopic (exact) mass is 574 g/mol. The lowest BCUT2D eigenvalue weighted by atomic mass is 10.1. The molecule has 0 saturated heterocycles. The van der Waals surface area contributed by atoms with Crippen LogP contribution < -0.4 is 15.4 Å². The minimum Gasteiger partial charge on any atom is -0.438 e. The molecule has 14 heteroatoms. The van der Waals surface area contributed by atoms with Crippen LogP contribution in [-0.2, 0) is 12.4 Å². The fourth-order valence-electron chi connectivity index (χ4n) is 3.66. The standard InChI is InChI=1S/C27H20F6N6O2/c1-14-5-6-15(24(40)37-19-10-17(26(28,29)30)9-18(11-19)27(31,32)33)8-21(14)41-25-20(12-34)23(35-2)38-22(39-25)16-4-3-7-36-13-16/h3-13,34H,1-2H3,(H,37,40)(H,35,38,39). The molecule has 4 rings (SSSR count). The van der Waals surface area contributed by atoms with Gasteiger partial charge in [0.2, 0.25) is 5.88 Å². The van der Waals surface area contributed by atoms with E-state index in [0.717, 1.165) is 6.21 Å². The summed E-state index contributed by atoms with van der Waals surface area (Å²) < 4.78 is 85.3. The van der Waals surface area contributed by atoms with E-state index in [1.807, 2.05) is 0 Å². The molecule has 8 nitrogen and oxygen atoms in total. The van der Waals surface area contributed by atoms with Crippen molar-refractivity contribution < 1.29 is 35.9 Å². The summed E-state index contributed by atoms with van der Waals surface area (Å²) in [6.07, 6.45) is -6.09. The Kier molecular flexibility index (Phi) is 7.94. The average molecular weight is 574 g/mol. The van der Waals surface area contributed by atoms with Gasteiger partial charge in [-0.25, -0.2) is 4.98 Å². The zero-order chi connectivity index (χ0) is 29.9. The molecule has 0 saturated carbocycles. The Morgan fingerprint density at radius 1 is 0.976 bits per heavy atom. The first-order valence-electron chi connectivity index (χ1n) is 11.7. The molecule has 3 N–H and O–H groups in total. The number of hydrogen-bond donors (Lipinski definition) is 3. The summed E-state index contributed by atoms with van der Waals surface area (Å²) >= 11 is 0. The van der Waals surface area contributed by atoms with Crippen LogP contribution in [0.5, 0.6) is 11.6 Å². The van der Waals surface area contributed by atoms with Crippen LogP contribution in [0.4, 0.5) is 37.8 Å². The van der Waals surface area contributed by atoms with Crippen LogP contribution >= 0.6 is 0 Å². The molecule has 0 aliphatic rings. The zero-order valence-corrected chi connectivity index (χ0v) is 21.3. The lowest BCUT2D eigenvalue weighted by Gasteiger charge is -2.16. The van der Waals surface area contributed by atoms with Gasteiger partial charge in [-0.3, -0.25) is 9.78 Å². The Labute approximate surface area is 229 Å². The van der Waals surface area contributed by atoms with E-state index < -0.39 is 35.1 Å². The Morgan fingerprint density at radius 3 is 2.22 bits per heavy atom. The summed E-state index contributed by atoms with van der Waals surface area (Å²) in [5, 5.41) is 12.8. The van der Waals surface area contributed by atoms with E-state index in [2.05, 4.69) is 25.6 Å². The Morgan fingerprint density at radius 2 is 1.66 bits per heavy atom. The van der Waals surface area contributed by atoms with Crippen LogP contribution in [-0.4, -0.2) is 34.1 Å². The van der Waals surface area contributed by atoms with Crippen molar-refractivity contribution in [2.24, 2.45) is 0 Å². The molecule has 0 unspecified atom stereocenters. The van der Waals surface area contributed by atoms with E-state index >= 15 is 0 Å². The number of amides is 1. The number of anilines is 2. The summed E-state index contributed by atoms with van der Waals surface area (Å²) in [7, 11) is 1.58. The molecule has 1 amide bonds. The molecule has 0 aliphatic carbocycles. The number of aryl methyl sites for hydroxylation is 1. The van der Waals surface area contributed by atoms with Gasteiger partial charge in [0.25, 0.3) is 5.91 Å². The zero-order valence-electron chi connectivity index (χ0n) is 21.3. The van der Waals surface area contributed by atoms with Crippen molar-refractivity contribution in [1.29, 1.82) is 5.41 Å². The van der Waals surface area contributed by atoms with Crippen LogP contribution in [0.3, 0.4) is 0 Å². The molecule has 0 aliphatic heterocycles. The Balaban J connectivity index is 1.69. The normalized spacial score (nSPS) is 11.6. The van der Waals surface area contributed by atoms with Crippen molar-refractivity contribution >= 4 is 23.6 Å². The molecule has 2 aromatic carbocycles. The number of halogens is 6. The number of carbonyl (C=O) groups excluding carboxylic acids is 1. The van der Waals surface area contributed by atoms with E-state index in [4.69, 9.17) is 10.1 Å². The molecule has 0 spiro atoms. The van der Waals surface area contributed by atoms with E-state index in [1.54, 1.807) is 32.3 Å². The summed E-state index contributed by atoms with van der Waals surface area (Å²) in [6.45, 7) is 1.64. The van der Waals surface area contributed by atoms with Crippen LogP contribution in [0.2, 0.25) is 0 Å². The second kappa shape index (κ2) is 11.2. The molecule has 212 valence electrons. The predicted molar refractivity (Wildman–Crippen MR) is 138 cm³/mol. The Hall–Kier alpha value is -5.01. The predicted octanol–water partition coefficient (Wildman–Crippen LogP) is 6.97. The number of ether oxygens (including phenoxy) is 1. The molecule has 2 aromatic heterocycles. The van der Waals surface area contributed by atoms with Crippen molar-refractivity contribution in [3.05, 3.63) is 88.7 Å². The quantitative estimate of drug-likeness (QED) is 0.162.